The summed E-state index contributed by atoms with van der Waals surface area (Å²) >= 11 is 0. The smallest absolute Gasteiger partial charge is 0.248 e. The average Bonchev–Trinajstić information content (AvgIpc) is 2.54. The molecular weight excluding hydrogens is 256 g/mol. The van der Waals surface area contributed by atoms with Crippen LogP contribution >= 0.6 is 0 Å². The lowest BCUT2D eigenvalue weighted by atomic mass is 10.2. The van der Waals surface area contributed by atoms with Crippen LogP contribution in [-0.4, -0.2) is 58.7 Å². The fourth-order valence-electron chi connectivity index (χ4n) is 2.51. The molecule has 0 aliphatic carbocycles. The second kappa shape index (κ2) is 5.42. The monoisotopic (exact) mass is 272 g/mol. The van der Waals surface area contributed by atoms with Gasteiger partial charge in [-0.3, -0.25) is 9.78 Å². The van der Waals surface area contributed by atoms with Crippen molar-refractivity contribution in [1.29, 1.82) is 0 Å². The highest BCUT2D eigenvalue weighted by Crippen LogP contribution is 2.23. The molecule has 104 valence electrons. The number of aromatic nitrogens is 2. The first-order chi connectivity index (χ1) is 9.79. The minimum Gasteiger partial charge on any atom is -0.387 e. The normalized spacial score (nSPS) is 15.7. The second-order valence-electron chi connectivity index (χ2n) is 4.73. The minimum absolute atomic E-state index is 0.211. The molecule has 0 spiro atoms. The van der Waals surface area contributed by atoms with Crippen LogP contribution in [0.4, 0.5) is 5.82 Å². The van der Waals surface area contributed by atoms with Crippen LogP contribution in [0.25, 0.3) is 10.9 Å². The van der Waals surface area contributed by atoms with Gasteiger partial charge in [-0.15, -0.1) is 0 Å². The van der Waals surface area contributed by atoms with Gasteiger partial charge in [-0.2, -0.15) is 0 Å². The molecular formula is C14H16N4O2. The lowest BCUT2D eigenvalue weighted by Gasteiger charge is -2.35. The molecule has 1 fully saturated rings. The van der Waals surface area contributed by atoms with Crippen LogP contribution in [0.3, 0.4) is 0 Å². The maximum atomic E-state index is 11.5. The summed E-state index contributed by atoms with van der Waals surface area (Å²) in [4.78, 5) is 24.1. The Balaban J connectivity index is 1.82. The van der Waals surface area contributed by atoms with Gasteiger partial charge in [-0.25, -0.2) is 4.98 Å². The third-order valence-electron chi connectivity index (χ3n) is 3.58. The Hall–Kier alpha value is -2.21. The number of carbonyl (C=O) groups excluding carboxylic acids is 1. The molecule has 1 saturated heterocycles. The first kappa shape index (κ1) is 12.8. The zero-order chi connectivity index (χ0) is 13.9. The number of fused-ring (bicyclic) bond motifs is 1. The summed E-state index contributed by atoms with van der Waals surface area (Å²) in [5, 5.41) is 9.91. The van der Waals surface area contributed by atoms with Crippen molar-refractivity contribution < 1.29 is 9.90 Å². The zero-order valence-electron chi connectivity index (χ0n) is 11.1. The van der Waals surface area contributed by atoms with Crippen molar-refractivity contribution in [2.45, 2.75) is 0 Å². The highest BCUT2D eigenvalue weighted by molar-refractivity contribution is 5.89. The molecule has 3 rings (SSSR count). The summed E-state index contributed by atoms with van der Waals surface area (Å²) in [6.45, 7) is 2.23. The summed E-state index contributed by atoms with van der Waals surface area (Å²) < 4.78 is 0. The maximum absolute atomic E-state index is 11.5. The third-order valence-corrected chi connectivity index (χ3v) is 3.58. The van der Waals surface area contributed by atoms with Crippen molar-refractivity contribution in [3.63, 3.8) is 0 Å². The summed E-state index contributed by atoms with van der Waals surface area (Å²) in [5.41, 5.74) is 0.923. The van der Waals surface area contributed by atoms with Gasteiger partial charge in [0, 0.05) is 44.0 Å². The van der Waals surface area contributed by atoms with E-state index < -0.39 is 6.61 Å². The number of hydrogen-bond donors (Lipinski definition) is 1. The standard InChI is InChI=1S/C14H16N4O2/c19-10-13(20)17-6-8-18(9-7-17)14-11-2-1-4-15-12(11)3-5-16-14/h1-5,19H,6-10H2. The van der Waals surface area contributed by atoms with Crippen LogP contribution in [0.5, 0.6) is 0 Å². The Kier molecular flexibility index (Phi) is 3.47. The molecule has 1 aliphatic heterocycles. The van der Waals surface area contributed by atoms with Crippen LogP contribution < -0.4 is 4.90 Å². The fraction of sp³-hybridized carbons (Fsp3) is 0.357. The number of carbonyl (C=O) groups is 1. The van der Waals surface area contributed by atoms with E-state index >= 15 is 0 Å². The van der Waals surface area contributed by atoms with Crippen molar-refractivity contribution >= 4 is 22.6 Å². The van der Waals surface area contributed by atoms with E-state index in [-0.39, 0.29) is 5.91 Å². The predicted octanol–water partition coefficient (Wildman–Crippen LogP) is 0.271. The number of aliphatic hydroxyl groups excluding tert-OH is 1. The fourth-order valence-corrected chi connectivity index (χ4v) is 2.51. The molecule has 0 atom stereocenters. The van der Waals surface area contributed by atoms with Gasteiger partial charge >= 0.3 is 0 Å². The van der Waals surface area contributed by atoms with E-state index in [4.69, 9.17) is 5.11 Å². The number of anilines is 1. The number of amides is 1. The Bertz CT molecular complexity index is 618. The predicted molar refractivity (Wildman–Crippen MR) is 75.4 cm³/mol. The minimum atomic E-state index is -0.420. The van der Waals surface area contributed by atoms with Crippen molar-refractivity contribution in [2.24, 2.45) is 0 Å². The second-order valence-corrected chi connectivity index (χ2v) is 4.73. The Morgan fingerprint density at radius 3 is 2.70 bits per heavy atom. The van der Waals surface area contributed by atoms with Gasteiger partial charge < -0.3 is 14.9 Å². The highest BCUT2D eigenvalue weighted by atomic mass is 16.3. The van der Waals surface area contributed by atoms with Crippen LogP contribution in [0, 0.1) is 0 Å². The zero-order valence-corrected chi connectivity index (χ0v) is 11.1. The van der Waals surface area contributed by atoms with Crippen LogP contribution in [-0.2, 0) is 4.79 Å². The molecule has 2 aromatic rings. The molecule has 0 aromatic carbocycles. The van der Waals surface area contributed by atoms with Gasteiger partial charge in [-0.1, -0.05) is 0 Å². The van der Waals surface area contributed by atoms with Crippen molar-refractivity contribution in [3.05, 3.63) is 30.6 Å². The first-order valence-electron chi connectivity index (χ1n) is 6.63. The molecule has 0 radical (unpaired) electrons. The van der Waals surface area contributed by atoms with Crippen molar-refractivity contribution in [1.82, 2.24) is 14.9 Å². The van der Waals surface area contributed by atoms with Gasteiger partial charge in [0.25, 0.3) is 0 Å². The molecule has 1 N–H and O–H groups in total. The van der Waals surface area contributed by atoms with Crippen molar-refractivity contribution in [3.8, 4) is 0 Å². The van der Waals surface area contributed by atoms with E-state index in [0.717, 1.165) is 16.7 Å². The molecule has 6 heteroatoms. The molecule has 3 heterocycles. The van der Waals surface area contributed by atoms with Gasteiger partial charge in [0.1, 0.15) is 12.4 Å². The Morgan fingerprint density at radius 2 is 1.95 bits per heavy atom. The van der Waals surface area contributed by atoms with E-state index in [1.54, 1.807) is 17.3 Å². The van der Waals surface area contributed by atoms with E-state index in [2.05, 4.69) is 14.9 Å². The van der Waals surface area contributed by atoms with Crippen LogP contribution in [0.2, 0.25) is 0 Å². The largest absolute Gasteiger partial charge is 0.387 e. The number of piperazine rings is 1. The first-order valence-corrected chi connectivity index (χ1v) is 6.63. The number of rotatable bonds is 2. The number of nitrogens with zero attached hydrogens (tertiary/aromatic N) is 4. The molecule has 2 aromatic heterocycles. The SMILES string of the molecule is O=C(CO)N1CCN(c2nccc3ncccc23)CC1. The maximum Gasteiger partial charge on any atom is 0.248 e. The van der Waals surface area contributed by atoms with Gasteiger partial charge in [0.15, 0.2) is 0 Å². The number of aliphatic hydroxyl groups is 1. The Morgan fingerprint density at radius 1 is 1.15 bits per heavy atom. The van der Waals surface area contributed by atoms with E-state index in [1.165, 1.54) is 0 Å². The lowest BCUT2D eigenvalue weighted by molar-refractivity contribution is -0.134. The Labute approximate surface area is 116 Å². The van der Waals surface area contributed by atoms with E-state index in [0.29, 0.717) is 26.2 Å². The number of hydrogen-bond acceptors (Lipinski definition) is 5. The molecule has 1 aliphatic rings. The lowest BCUT2D eigenvalue weighted by Crippen LogP contribution is -2.49. The number of pyridine rings is 2. The van der Waals surface area contributed by atoms with Gasteiger partial charge in [0.2, 0.25) is 5.91 Å². The van der Waals surface area contributed by atoms with E-state index in [1.807, 2.05) is 18.2 Å². The average molecular weight is 272 g/mol. The summed E-state index contributed by atoms with van der Waals surface area (Å²) in [6.07, 6.45) is 3.53. The summed E-state index contributed by atoms with van der Waals surface area (Å²) in [5.74, 6) is 0.698. The molecule has 0 saturated carbocycles. The topological polar surface area (TPSA) is 69.6 Å². The quantitative estimate of drug-likeness (QED) is 0.850. The third kappa shape index (κ3) is 2.30. The molecule has 1 amide bonds. The highest BCUT2D eigenvalue weighted by Gasteiger charge is 2.22. The van der Waals surface area contributed by atoms with Crippen molar-refractivity contribution in [2.75, 3.05) is 37.7 Å². The van der Waals surface area contributed by atoms with Gasteiger partial charge in [-0.05, 0) is 18.2 Å². The van der Waals surface area contributed by atoms with Crippen LogP contribution in [0.1, 0.15) is 0 Å². The molecule has 20 heavy (non-hydrogen) atoms. The molecule has 0 bridgehead atoms. The van der Waals surface area contributed by atoms with Gasteiger partial charge in [0.05, 0.1) is 5.52 Å². The molecule has 0 unspecified atom stereocenters. The van der Waals surface area contributed by atoms with Crippen LogP contribution in [0.15, 0.2) is 30.6 Å². The van der Waals surface area contributed by atoms with E-state index in [9.17, 15) is 4.79 Å². The summed E-state index contributed by atoms with van der Waals surface area (Å²) in [6, 6.07) is 5.80. The molecule has 6 nitrogen and oxygen atoms in total. The summed E-state index contributed by atoms with van der Waals surface area (Å²) in [7, 11) is 0.